The number of fused-ring (bicyclic) bond motifs is 1. The lowest BCUT2D eigenvalue weighted by Gasteiger charge is -2.16. The van der Waals surface area contributed by atoms with Crippen molar-refractivity contribution in [2.45, 2.75) is 0 Å². The van der Waals surface area contributed by atoms with Gasteiger partial charge in [-0.05, 0) is 24.3 Å². The number of hydrogen-bond donors (Lipinski definition) is 1. The first kappa shape index (κ1) is 10.1. The van der Waals surface area contributed by atoms with Crippen LogP contribution in [-0.4, -0.2) is 13.4 Å². The Morgan fingerprint density at radius 3 is 2.59 bits per heavy atom. The Kier molecular flexibility index (Phi) is 2.05. The number of benzene rings is 1. The van der Waals surface area contributed by atoms with Crippen molar-refractivity contribution in [3.8, 4) is 0 Å². The molecule has 0 amide bonds. The van der Waals surface area contributed by atoms with E-state index in [2.05, 4.69) is 9.71 Å². The maximum absolute atomic E-state index is 12.0. The monoisotopic (exact) mass is 247 g/mol. The van der Waals surface area contributed by atoms with E-state index in [4.69, 9.17) is 0 Å². The molecule has 0 saturated carbocycles. The first-order valence-electron chi connectivity index (χ1n) is 5.02. The molecular formula is C11H9N3O2S. The lowest BCUT2D eigenvalue weighted by molar-refractivity contribution is 0.603. The van der Waals surface area contributed by atoms with Crippen LogP contribution in [0, 0.1) is 0 Å². The summed E-state index contributed by atoms with van der Waals surface area (Å²) in [4.78, 5) is 4.00. The van der Waals surface area contributed by atoms with Crippen molar-refractivity contribution >= 4 is 27.4 Å². The van der Waals surface area contributed by atoms with Crippen molar-refractivity contribution in [3.63, 3.8) is 0 Å². The highest BCUT2D eigenvalue weighted by molar-refractivity contribution is 7.94. The van der Waals surface area contributed by atoms with Crippen molar-refractivity contribution in [2.75, 3.05) is 9.03 Å². The molecule has 17 heavy (non-hydrogen) atoms. The Bertz CT molecular complexity index is 655. The van der Waals surface area contributed by atoms with Gasteiger partial charge in [-0.25, -0.2) is 14.0 Å². The van der Waals surface area contributed by atoms with Gasteiger partial charge in [-0.15, -0.1) is 0 Å². The molecule has 1 aromatic heterocycles. The highest BCUT2D eigenvalue weighted by atomic mass is 32.2. The van der Waals surface area contributed by atoms with E-state index in [1.165, 1.54) is 4.31 Å². The highest BCUT2D eigenvalue weighted by Gasteiger charge is 2.34. The van der Waals surface area contributed by atoms with Crippen LogP contribution >= 0.6 is 0 Å². The number of nitrogens with zero attached hydrogens (tertiary/aromatic N) is 2. The molecule has 2 aromatic rings. The van der Waals surface area contributed by atoms with E-state index in [1.54, 1.807) is 42.6 Å². The SMILES string of the molecule is O=S1(=O)Nc2ncccc2N1c1ccccc1. The third-order valence-corrected chi connectivity index (χ3v) is 3.80. The van der Waals surface area contributed by atoms with Crippen LogP contribution in [0.2, 0.25) is 0 Å². The number of hydrogen-bond acceptors (Lipinski definition) is 3. The largest absolute Gasteiger partial charge is 0.329 e. The quantitative estimate of drug-likeness (QED) is 0.837. The number of para-hydroxylation sites is 1. The zero-order chi connectivity index (χ0) is 11.9. The third kappa shape index (κ3) is 1.53. The molecule has 1 N–H and O–H groups in total. The topological polar surface area (TPSA) is 62.3 Å². The molecule has 0 radical (unpaired) electrons. The van der Waals surface area contributed by atoms with Gasteiger partial charge in [0.1, 0.15) is 5.69 Å². The minimum absolute atomic E-state index is 0.358. The Morgan fingerprint density at radius 2 is 1.82 bits per heavy atom. The van der Waals surface area contributed by atoms with Crippen LogP contribution in [0.1, 0.15) is 0 Å². The molecule has 3 rings (SSSR count). The lowest BCUT2D eigenvalue weighted by atomic mass is 10.3. The van der Waals surface area contributed by atoms with Gasteiger partial charge in [-0.3, -0.25) is 0 Å². The standard InChI is InChI=1S/C11H9N3O2S/c15-17(16)13-11-10(7-4-8-12-11)14(17)9-5-2-1-3-6-9/h1-8H,(H,12,13). The van der Waals surface area contributed by atoms with Crippen LogP contribution in [-0.2, 0) is 10.2 Å². The van der Waals surface area contributed by atoms with Crippen LogP contribution in [0.4, 0.5) is 17.2 Å². The van der Waals surface area contributed by atoms with E-state index < -0.39 is 10.2 Å². The molecule has 0 atom stereocenters. The fourth-order valence-corrected chi connectivity index (χ4v) is 3.08. The molecule has 86 valence electrons. The molecule has 0 unspecified atom stereocenters. The molecule has 0 spiro atoms. The van der Waals surface area contributed by atoms with Gasteiger partial charge in [0.25, 0.3) is 0 Å². The number of rotatable bonds is 1. The van der Waals surface area contributed by atoms with Crippen LogP contribution in [0.15, 0.2) is 48.7 Å². The molecule has 1 aliphatic heterocycles. The molecule has 1 aliphatic rings. The molecule has 0 fully saturated rings. The van der Waals surface area contributed by atoms with Crippen LogP contribution < -0.4 is 9.03 Å². The third-order valence-electron chi connectivity index (χ3n) is 2.46. The van der Waals surface area contributed by atoms with E-state index in [0.29, 0.717) is 17.2 Å². The Morgan fingerprint density at radius 1 is 1.06 bits per heavy atom. The van der Waals surface area contributed by atoms with E-state index >= 15 is 0 Å². The zero-order valence-corrected chi connectivity index (χ0v) is 9.55. The molecular weight excluding hydrogens is 238 g/mol. The number of anilines is 3. The number of nitrogens with one attached hydrogen (secondary N) is 1. The van der Waals surface area contributed by atoms with Crippen molar-refractivity contribution in [1.82, 2.24) is 4.98 Å². The maximum atomic E-state index is 12.0. The summed E-state index contributed by atoms with van der Waals surface area (Å²) in [6.07, 6.45) is 1.55. The van der Waals surface area contributed by atoms with Gasteiger partial charge in [-0.2, -0.15) is 8.42 Å². The zero-order valence-electron chi connectivity index (χ0n) is 8.74. The minimum Gasteiger partial charge on any atom is -0.248 e. The highest BCUT2D eigenvalue weighted by Crippen LogP contribution is 2.38. The van der Waals surface area contributed by atoms with E-state index in [0.717, 1.165) is 0 Å². The second-order valence-electron chi connectivity index (χ2n) is 3.58. The molecule has 2 heterocycles. The van der Waals surface area contributed by atoms with Crippen LogP contribution in [0.25, 0.3) is 0 Å². The summed E-state index contributed by atoms with van der Waals surface area (Å²) >= 11 is 0. The molecule has 5 nitrogen and oxygen atoms in total. The number of pyridine rings is 1. The summed E-state index contributed by atoms with van der Waals surface area (Å²) in [5, 5.41) is 0. The summed E-state index contributed by atoms with van der Waals surface area (Å²) in [6.45, 7) is 0. The average Bonchev–Trinajstić information content (AvgIpc) is 2.60. The summed E-state index contributed by atoms with van der Waals surface area (Å²) in [5.74, 6) is 0.358. The summed E-state index contributed by atoms with van der Waals surface area (Å²) < 4.78 is 27.6. The second-order valence-corrected chi connectivity index (χ2v) is 5.10. The molecule has 0 bridgehead atoms. The van der Waals surface area contributed by atoms with Crippen molar-refractivity contribution < 1.29 is 8.42 Å². The Hall–Kier alpha value is -2.08. The van der Waals surface area contributed by atoms with Gasteiger partial charge in [0.2, 0.25) is 0 Å². The van der Waals surface area contributed by atoms with E-state index in [9.17, 15) is 8.42 Å². The average molecular weight is 247 g/mol. The van der Waals surface area contributed by atoms with Crippen LogP contribution in [0.3, 0.4) is 0 Å². The van der Waals surface area contributed by atoms with E-state index in [-0.39, 0.29) is 0 Å². The Balaban J connectivity index is 2.22. The maximum Gasteiger partial charge on any atom is 0.329 e. The first-order chi connectivity index (χ1) is 8.18. The molecule has 6 heteroatoms. The smallest absolute Gasteiger partial charge is 0.248 e. The van der Waals surface area contributed by atoms with E-state index in [1.807, 2.05) is 6.07 Å². The summed E-state index contributed by atoms with van der Waals surface area (Å²) in [6, 6.07) is 12.3. The normalized spacial score (nSPS) is 16.4. The van der Waals surface area contributed by atoms with Gasteiger partial charge in [-0.1, -0.05) is 18.2 Å². The van der Waals surface area contributed by atoms with Crippen LogP contribution in [0.5, 0.6) is 0 Å². The van der Waals surface area contributed by atoms with Crippen molar-refractivity contribution in [3.05, 3.63) is 48.7 Å². The Labute approximate surface area is 98.9 Å². The molecule has 1 aromatic carbocycles. The summed E-state index contributed by atoms with van der Waals surface area (Å²) in [7, 11) is -3.58. The fraction of sp³-hybridized carbons (Fsp3) is 0. The van der Waals surface area contributed by atoms with Gasteiger partial charge in [0.05, 0.1) is 5.69 Å². The fourth-order valence-electron chi connectivity index (χ4n) is 1.78. The molecule has 0 saturated heterocycles. The van der Waals surface area contributed by atoms with Gasteiger partial charge >= 0.3 is 10.2 Å². The van der Waals surface area contributed by atoms with Gasteiger partial charge < -0.3 is 0 Å². The lowest BCUT2D eigenvalue weighted by Crippen LogP contribution is -2.25. The predicted octanol–water partition coefficient (Wildman–Crippen LogP) is 1.89. The summed E-state index contributed by atoms with van der Waals surface area (Å²) in [5.41, 5.74) is 1.13. The second kappa shape index (κ2) is 3.46. The van der Waals surface area contributed by atoms with Crippen molar-refractivity contribution in [2.24, 2.45) is 0 Å². The predicted molar refractivity (Wildman–Crippen MR) is 65.4 cm³/mol. The first-order valence-corrected chi connectivity index (χ1v) is 6.46. The van der Waals surface area contributed by atoms with Gasteiger partial charge in [0.15, 0.2) is 5.82 Å². The molecule has 0 aliphatic carbocycles. The van der Waals surface area contributed by atoms with Crippen molar-refractivity contribution in [1.29, 1.82) is 0 Å². The number of aromatic nitrogens is 1. The van der Waals surface area contributed by atoms with Gasteiger partial charge in [0, 0.05) is 6.20 Å². The minimum atomic E-state index is -3.58.